The lowest BCUT2D eigenvalue weighted by Gasteiger charge is -2.09. The number of hydrogen-bond acceptors (Lipinski definition) is 3. The summed E-state index contributed by atoms with van der Waals surface area (Å²) in [5.41, 5.74) is 2.24. The first-order chi connectivity index (χ1) is 9.24. The van der Waals surface area contributed by atoms with Crippen LogP contribution in [0.4, 0.5) is 0 Å². The van der Waals surface area contributed by atoms with Crippen LogP contribution in [0.2, 0.25) is 0 Å². The topological polar surface area (TPSA) is 24.9 Å². The maximum Gasteiger partial charge on any atom is 0.0419 e. The van der Waals surface area contributed by atoms with Crippen molar-refractivity contribution in [3.8, 4) is 0 Å². The molecule has 1 atom stereocenters. The molecule has 0 aliphatic carbocycles. The summed E-state index contributed by atoms with van der Waals surface area (Å²) < 4.78 is 0. The molecule has 0 aliphatic rings. The minimum absolute atomic E-state index is 0.381. The zero-order valence-corrected chi connectivity index (χ0v) is 12.3. The second kappa shape index (κ2) is 7.22. The first-order valence-electron chi connectivity index (χ1n) is 6.61. The molecule has 2 aromatic rings. The fourth-order valence-corrected chi connectivity index (χ4v) is 2.49. The van der Waals surface area contributed by atoms with Crippen LogP contribution in [-0.4, -0.2) is 17.6 Å². The molecular formula is C16H20N2S. The molecule has 19 heavy (non-hydrogen) atoms. The van der Waals surface area contributed by atoms with Crippen LogP contribution in [0.1, 0.15) is 23.2 Å². The van der Waals surface area contributed by atoms with E-state index in [-0.39, 0.29) is 0 Å². The van der Waals surface area contributed by atoms with Crippen LogP contribution in [0, 0.1) is 6.92 Å². The van der Waals surface area contributed by atoms with Gasteiger partial charge in [0.05, 0.1) is 0 Å². The van der Waals surface area contributed by atoms with Crippen LogP contribution in [0.3, 0.4) is 0 Å². The van der Waals surface area contributed by atoms with E-state index >= 15 is 0 Å². The standard InChI is InChI=1S/C16H20N2S/c1-13(8-9-16-7-4-12-19-16)17-11-10-15-6-3-5-14(2)18-15/h3-9,12-13,17H,10-11H2,1-2H3/b9-8+. The second-order valence-corrected chi connectivity index (χ2v) is 5.62. The third kappa shape index (κ3) is 4.97. The van der Waals surface area contributed by atoms with Gasteiger partial charge in [0.2, 0.25) is 0 Å². The molecule has 1 N–H and O–H groups in total. The first-order valence-corrected chi connectivity index (χ1v) is 7.49. The van der Waals surface area contributed by atoms with Gasteiger partial charge in [0.15, 0.2) is 0 Å². The van der Waals surface area contributed by atoms with Gasteiger partial charge in [-0.3, -0.25) is 4.98 Å². The zero-order valence-electron chi connectivity index (χ0n) is 11.5. The number of aromatic nitrogens is 1. The van der Waals surface area contributed by atoms with Gasteiger partial charge >= 0.3 is 0 Å². The van der Waals surface area contributed by atoms with E-state index in [1.165, 1.54) is 4.88 Å². The number of hydrogen-bond donors (Lipinski definition) is 1. The van der Waals surface area contributed by atoms with E-state index in [0.717, 1.165) is 24.4 Å². The summed E-state index contributed by atoms with van der Waals surface area (Å²) in [6, 6.07) is 10.8. The quantitative estimate of drug-likeness (QED) is 0.867. The highest BCUT2D eigenvalue weighted by atomic mass is 32.1. The molecular weight excluding hydrogens is 252 g/mol. The van der Waals surface area contributed by atoms with Crippen molar-refractivity contribution in [2.24, 2.45) is 0 Å². The summed E-state index contributed by atoms with van der Waals surface area (Å²) >= 11 is 1.76. The van der Waals surface area contributed by atoms with Crippen molar-refractivity contribution in [2.75, 3.05) is 6.54 Å². The number of thiophene rings is 1. The molecule has 0 bridgehead atoms. The molecule has 3 heteroatoms. The van der Waals surface area contributed by atoms with E-state index in [1.54, 1.807) is 11.3 Å². The van der Waals surface area contributed by atoms with Gasteiger partial charge in [-0.2, -0.15) is 0 Å². The second-order valence-electron chi connectivity index (χ2n) is 4.64. The van der Waals surface area contributed by atoms with E-state index < -0.39 is 0 Å². The summed E-state index contributed by atoms with van der Waals surface area (Å²) in [5.74, 6) is 0. The number of pyridine rings is 1. The Balaban J connectivity index is 1.73. The summed E-state index contributed by atoms with van der Waals surface area (Å²) in [6.07, 6.45) is 5.35. The van der Waals surface area contributed by atoms with E-state index in [2.05, 4.69) is 59.0 Å². The molecule has 2 aromatic heterocycles. The molecule has 2 rings (SSSR count). The number of rotatable bonds is 6. The molecule has 0 saturated heterocycles. The van der Waals surface area contributed by atoms with Crippen LogP contribution < -0.4 is 5.32 Å². The van der Waals surface area contributed by atoms with E-state index in [4.69, 9.17) is 0 Å². The smallest absolute Gasteiger partial charge is 0.0419 e. The Morgan fingerprint density at radius 3 is 2.95 bits per heavy atom. The largest absolute Gasteiger partial charge is 0.310 e. The Bertz CT molecular complexity index is 517. The van der Waals surface area contributed by atoms with Crippen LogP contribution >= 0.6 is 11.3 Å². The molecule has 0 aromatic carbocycles. The number of nitrogens with zero attached hydrogens (tertiary/aromatic N) is 1. The monoisotopic (exact) mass is 272 g/mol. The average Bonchev–Trinajstić information content (AvgIpc) is 2.89. The van der Waals surface area contributed by atoms with E-state index in [0.29, 0.717) is 6.04 Å². The maximum absolute atomic E-state index is 4.50. The predicted molar refractivity (Wildman–Crippen MR) is 83.5 cm³/mol. The average molecular weight is 272 g/mol. The summed E-state index contributed by atoms with van der Waals surface area (Å²) in [4.78, 5) is 5.80. The lowest BCUT2D eigenvalue weighted by Crippen LogP contribution is -2.26. The molecule has 0 saturated carbocycles. The van der Waals surface area contributed by atoms with Gasteiger partial charge in [-0.05, 0) is 43.5 Å². The van der Waals surface area contributed by atoms with Gasteiger partial charge in [0, 0.05) is 35.3 Å². The highest BCUT2D eigenvalue weighted by Crippen LogP contribution is 2.10. The van der Waals surface area contributed by atoms with Gasteiger partial charge in [0.1, 0.15) is 0 Å². The molecule has 0 radical (unpaired) electrons. The highest BCUT2D eigenvalue weighted by Gasteiger charge is 1.98. The van der Waals surface area contributed by atoms with Crippen molar-refractivity contribution in [2.45, 2.75) is 26.3 Å². The maximum atomic E-state index is 4.50. The molecule has 2 nitrogen and oxygen atoms in total. The van der Waals surface area contributed by atoms with Gasteiger partial charge in [0.25, 0.3) is 0 Å². The van der Waals surface area contributed by atoms with E-state index in [1.807, 2.05) is 13.0 Å². The first kappa shape index (κ1) is 14.0. The molecule has 0 fully saturated rings. The fourth-order valence-electron chi connectivity index (χ4n) is 1.86. The Morgan fingerprint density at radius 2 is 2.21 bits per heavy atom. The van der Waals surface area contributed by atoms with Crippen molar-refractivity contribution in [1.82, 2.24) is 10.3 Å². The lowest BCUT2D eigenvalue weighted by molar-refractivity contribution is 0.629. The third-order valence-corrected chi connectivity index (χ3v) is 3.72. The Hall–Kier alpha value is -1.45. The summed E-state index contributed by atoms with van der Waals surface area (Å²) in [6.45, 7) is 5.16. The Morgan fingerprint density at radius 1 is 1.32 bits per heavy atom. The van der Waals surface area contributed by atoms with Gasteiger partial charge in [-0.15, -0.1) is 11.3 Å². The molecule has 0 spiro atoms. The van der Waals surface area contributed by atoms with Gasteiger partial charge in [-0.1, -0.05) is 18.2 Å². The molecule has 0 amide bonds. The fraction of sp³-hybridized carbons (Fsp3) is 0.312. The van der Waals surface area contributed by atoms with Crippen LogP contribution in [0.5, 0.6) is 0 Å². The minimum Gasteiger partial charge on any atom is -0.310 e. The summed E-state index contributed by atoms with van der Waals surface area (Å²) in [7, 11) is 0. The third-order valence-electron chi connectivity index (χ3n) is 2.89. The molecule has 1 unspecified atom stereocenters. The number of aryl methyl sites for hydroxylation is 1. The van der Waals surface area contributed by atoms with Crippen LogP contribution in [0.25, 0.3) is 6.08 Å². The minimum atomic E-state index is 0.381. The Kier molecular flexibility index (Phi) is 5.31. The molecule has 100 valence electrons. The van der Waals surface area contributed by atoms with E-state index in [9.17, 15) is 0 Å². The van der Waals surface area contributed by atoms with Crippen molar-refractivity contribution < 1.29 is 0 Å². The van der Waals surface area contributed by atoms with Crippen LogP contribution in [-0.2, 0) is 6.42 Å². The van der Waals surface area contributed by atoms with Gasteiger partial charge in [-0.25, -0.2) is 0 Å². The van der Waals surface area contributed by atoms with Crippen molar-refractivity contribution in [3.63, 3.8) is 0 Å². The van der Waals surface area contributed by atoms with Crippen molar-refractivity contribution >= 4 is 17.4 Å². The molecule has 2 heterocycles. The van der Waals surface area contributed by atoms with Crippen molar-refractivity contribution in [1.29, 1.82) is 0 Å². The Labute approximate surface area is 119 Å². The molecule has 0 aliphatic heterocycles. The number of nitrogens with one attached hydrogen (secondary N) is 1. The lowest BCUT2D eigenvalue weighted by atomic mass is 10.2. The SMILES string of the molecule is Cc1cccc(CCNC(C)/C=C/c2cccs2)n1. The van der Waals surface area contributed by atoms with Gasteiger partial charge < -0.3 is 5.32 Å². The zero-order chi connectivity index (χ0) is 13.5. The van der Waals surface area contributed by atoms with Crippen molar-refractivity contribution in [3.05, 3.63) is 58.1 Å². The van der Waals surface area contributed by atoms with Crippen LogP contribution in [0.15, 0.2) is 41.8 Å². The normalized spacial score (nSPS) is 12.9. The summed E-state index contributed by atoms with van der Waals surface area (Å²) in [5, 5.41) is 5.59. The predicted octanol–water partition coefficient (Wildman–Crippen LogP) is 3.69. The highest BCUT2D eigenvalue weighted by molar-refractivity contribution is 7.10.